The van der Waals surface area contributed by atoms with E-state index in [2.05, 4.69) is 15.9 Å². The number of nitrogens with zero attached hydrogens (tertiary/aromatic N) is 1. The van der Waals surface area contributed by atoms with Gasteiger partial charge in [0.15, 0.2) is 0 Å². The van der Waals surface area contributed by atoms with Gasteiger partial charge in [-0.1, -0.05) is 35.9 Å². The Bertz CT molecular complexity index is 675. The van der Waals surface area contributed by atoms with Gasteiger partial charge in [-0.2, -0.15) is 0 Å². The smallest absolute Gasteiger partial charge is 0.255 e. The third-order valence-corrected chi connectivity index (χ3v) is 4.74. The number of carbonyl (C=O) groups is 1. The summed E-state index contributed by atoms with van der Waals surface area (Å²) in [5, 5.41) is 0.649. The average Bonchev–Trinajstić information content (AvgIpc) is 2.48. The number of carbonyl (C=O) groups excluding carboxylic acids is 1. The molecule has 1 unspecified atom stereocenters. The molecule has 21 heavy (non-hydrogen) atoms. The van der Waals surface area contributed by atoms with E-state index in [-0.39, 0.29) is 11.9 Å². The Labute approximate surface area is 137 Å². The van der Waals surface area contributed by atoms with Gasteiger partial charge < -0.3 is 10.6 Å². The zero-order chi connectivity index (χ0) is 15.6. The van der Waals surface area contributed by atoms with E-state index in [9.17, 15) is 4.79 Å². The minimum Gasteiger partial charge on any atom is -0.398 e. The summed E-state index contributed by atoms with van der Waals surface area (Å²) < 4.78 is 0.619. The number of nitrogen functional groups attached to an aromatic ring is 1. The van der Waals surface area contributed by atoms with Gasteiger partial charge in [-0.3, -0.25) is 4.79 Å². The molecule has 0 aliphatic heterocycles. The number of nitrogens with two attached hydrogens (primary N) is 1. The van der Waals surface area contributed by atoms with Crippen LogP contribution in [-0.4, -0.2) is 17.9 Å². The molecule has 1 amide bonds. The summed E-state index contributed by atoms with van der Waals surface area (Å²) >= 11 is 9.57. The van der Waals surface area contributed by atoms with E-state index < -0.39 is 0 Å². The second kappa shape index (κ2) is 6.50. The molecular formula is C16H16BrClN2O. The van der Waals surface area contributed by atoms with Crippen molar-refractivity contribution in [3.8, 4) is 0 Å². The van der Waals surface area contributed by atoms with Gasteiger partial charge in [0, 0.05) is 17.8 Å². The fourth-order valence-corrected chi connectivity index (χ4v) is 2.83. The van der Waals surface area contributed by atoms with Crippen LogP contribution in [0.2, 0.25) is 5.02 Å². The van der Waals surface area contributed by atoms with Crippen LogP contribution in [0, 0.1) is 0 Å². The fourth-order valence-electron chi connectivity index (χ4n) is 2.10. The summed E-state index contributed by atoms with van der Waals surface area (Å²) in [7, 11) is 1.76. The van der Waals surface area contributed by atoms with Crippen molar-refractivity contribution in [2.24, 2.45) is 0 Å². The molecule has 0 aliphatic rings. The van der Waals surface area contributed by atoms with E-state index in [1.54, 1.807) is 30.1 Å². The number of hydrogen-bond acceptors (Lipinski definition) is 2. The predicted octanol–water partition coefficient (Wildman–Crippen LogP) is 4.52. The monoisotopic (exact) mass is 366 g/mol. The molecule has 5 heteroatoms. The maximum absolute atomic E-state index is 12.6. The van der Waals surface area contributed by atoms with Gasteiger partial charge in [0.2, 0.25) is 0 Å². The lowest BCUT2D eigenvalue weighted by Crippen LogP contribution is -2.30. The molecule has 0 heterocycles. The van der Waals surface area contributed by atoms with Gasteiger partial charge in [0.25, 0.3) is 5.91 Å². The van der Waals surface area contributed by atoms with Crippen molar-refractivity contribution in [3.63, 3.8) is 0 Å². The molecule has 0 aliphatic carbocycles. The maximum Gasteiger partial charge on any atom is 0.255 e. The van der Waals surface area contributed by atoms with Crippen LogP contribution in [0.5, 0.6) is 0 Å². The van der Waals surface area contributed by atoms with Crippen molar-refractivity contribution in [1.82, 2.24) is 4.90 Å². The number of hydrogen-bond donors (Lipinski definition) is 1. The molecule has 0 aromatic heterocycles. The molecule has 0 spiro atoms. The van der Waals surface area contributed by atoms with Crippen molar-refractivity contribution in [3.05, 3.63) is 63.1 Å². The number of rotatable bonds is 3. The molecule has 0 saturated heterocycles. The maximum atomic E-state index is 12.6. The first-order valence-corrected chi connectivity index (χ1v) is 7.66. The highest BCUT2D eigenvalue weighted by Crippen LogP contribution is 2.30. The molecular weight excluding hydrogens is 352 g/mol. The number of amides is 1. The Kier molecular flexibility index (Phi) is 4.91. The molecule has 2 rings (SSSR count). The van der Waals surface area contributed by atoms with E-state index >= 15 is 0 Å². The molecule has 1 atom stereocenters. The first-order valence-electron chi connectivity index (χ1n) is 6.49. The minimum absolute atomic E-state index is 0.110. The largest absolute Gasteiger partial charge is 0.398 e. The summed E-state index contributed by atoms with van der Waals surface area (Å²) in [5.41, 5.74) is 7.82. The first kappa shape index (κ1) is 15.9. The first-order chi connectivity index (χ1) is 9.93. The van der Waals surface area contributed by atoms with Crippen molar-refractivity contribution in [1.29, 1.82) is 0 Å². The van der Waals surface area contributed by atoms with Gasteiger partial charge in [-0.15, -0.1) is 0 Å². The quantitative estimate of drug-likeness (QED) is 0.811. The highest BCUT2D eigenvalue weighted by molar-refractivity contribution is 9.10. The van der Waals surface area contributed by atoms with Crippen molar-refractivity contribution in [2.45, 2.75) is 13.0 Å². The SMILES string of the molecule is CC(c1ccccc1Cl)N(C)C(=O)c1cccc(N)c1Br. The topological polar surface area (TPSA) is 46.3 Å². The Hall–Kier alpha value is -1.52. The molecule has 3 nitrogen and oxygen atoms in total. The molecule has 2 aromatic rings. The summed E-state index contributed by atoms with van der Waals surface area (Å²) in [6.45, 7) is 1.94. The molecule has 2 aromatic carbocycles. The summed E-state index contributed by atoms with van der Waals surface area (Å²) in [4.78, 5) is 14.3. The number of halogens is 2. The third kappa shape index (κ3) is 3.22. The van der Waals surface area contributed by atoms with Crippen LogP contribution < -0.4 is 5.73 Å². The van der Waals surface area contributed by atoms with Gasteiger partial charge in [0.05, 0.1) is 16.1 Å². The number of benzene rings is 2. The number of anilines is 1. The fraction of sp³-hybridized carbons (Fsp3) is 0.188. The third-order valence-electron chi connectivity index (χ3n) is 3.52. The standard InChI is InChI=1S/C16H16BrClN2O/c1-10(11-6-3-4-8-13(11)18)20(2)16(21)12-7-5-9-14(19)15(12)17/h3-10H,19H2,1-2H3. The second-order valence-corrected chi connectivity index (χ2v) is 6.02. The minimum atomic E-state index is -0.139. The van der Waals surface area contributed by atoms with E-state index in [0.717, 1.165) is 5.56 Å². The Balaban J connectivity index is 2.31. The zero-order valence-electron chi connectivity index (χ0n) is 11.8. The van der Waals surface area contributed by atoms with Gasteiger partial charge in [-0.25, -0.2) is 0 Å². The summed E-state index contributed by atoms with van der Waals surface area (Å²) in [6, 6.07) is 12.6. The van der Waals surface area contributed by atoms with Crippen LogP contribution in [0.1, 0.15) is 28.9 Å². The predicted molar refractivity (Wildman–Crippen MR) is 90.5 cm³/mol. The highest BCUT2D eigenvalue weighted by atomic mass is 79.9. The molecule has 2 N–H and O–H groups in total. The normalized spacial score (nSPS) is 12.0. The Morgan fingerprint density at radius 3 is 2.57 bits per heavy atom. The molecule has 0 radical (unpaired) electrons. The van der Waals surface area contributed by atoms with Crippen LogP contribution in [0.15, 0.2) is 46.9 Å². The average molecular weight is 368 g/mol. The van der Waals surface area contributed by atoms with Crippen molar-refractivity contribution in [2.75, 3.05) is 12.8 Å². The summed E-state index contributed by atoms with van der Waals surface area (Å²) in [5.74, 6) is -0.110. The van der Waals surface area contributed by atoms with E-state index in [1.165, 1.54) is 0 Å². The van der Waals surface area contributed by atoms with Gasteiger partial charge >= 0.3 is 0 Å². The second-order valence-electron chi connectivity index (χ2n) is 4.82. The Morgan fingerprint density at radius 2 is 1.90 bits per heavy atom. The summed E-state index contributed by atoms with van der Waals surface area (Å²) in [6.07, 6.45) is 0. The van der Waals surface area contributed by atoms with Gasteiger partial charge in [0.1, 0.15) is 0 Å². The van der Waals surface area contributed by atoms with Crippen LogP contribution in [-0.2, 0) is 0 Å². The molecule has 110 valence electrons. The zero-order valence-corrected chi connectivity index (χ0v) is 14.1. The molecule has 0 fully saturated rings. The van der Waals surface area contributed by atoms with Crippen LogP contribution in [0.4, 0.5) is 5.69 Å². The lowest BCUT2D eigenvalue weighted by molar-refractivity contribution is 0.0742. The van der Waals surface area contributed by atoms with E-state index in [1.807, 2.05) is 31.2 Å². The van der Waals surface area contributed by atoms with E-state index in [4.69, 9.17) is 17.3 Å². The Morgan fingerprint density at radius 1 is 1.24 bits per heavy atom. The van der Waals surface area contributed by atoms with Crippen LogP contribution >= 0.6 is 27.5 Å². The van der Waals surface area contributed by atoms with Crippen LogP contribution in [0.25, 0.3) is 0 Å². The molecule has 0 bridgehead atoms. The van der Waals surface area contributed by atoms with Gasteiger partial charge in [-0.05, 0) is 46.6 Å². The molecule has 0 saturated carbocycles. The lowest BCUT2D eigenvalue weighted by Gasteiger charge is -2.26. The van der Waals surface area contributed by atoms with E-state index in [0.29, 0.717) is 20.7 Å². The highest BCUT2D eigenvalue weighted by Gasteiger charge is 2.22. The van der Waals surface area contributed by atoms with Crippen LogP contribution in [0.3, 0.4) is 0 Å². The van der Waals surface area contributed by atoms with Crippen molar-refractivity contribution >= 4 is 39.1 Å². The lowest BCUT2D eigenvalue weighted by atomic mass is 10.1. The van der Waals surface area contributed by atoms with Crippen molar-refractivity contribution < 1.29 is 4.79 Å².